The molecule has 1 unspecified atom stereocenters. The second-order valence-corrected chi connectivity index (χ2v) is 30.9. The van der Waals surface area contributed by atoms with Crippen LogP contribution in [0.4, 0.5) is 17.6 Å². The highest BCUT2D eigenvalue weighted by Crippen LogP contribution is 2.44. The molecule has 0 aliphatic heterocycles. The number of hydrogen-bond acceptors (Lipinski definition) is 13. The van der Waals surface area contributed by atoms with E-state index in [-0.39, 0.29) is 47.2 Å². The molecule has 3 atom stereocenters. The monoisotopic (exact) mass is 1180 g/mol. The number of halogens is 4. The zero-order chi connectivity index (χ0) is 59.5. The van der Waals surface area contributed by atoms with Gasteiger partial charge in [0.05, 0.1) is 115 Å². The zero-order valence-corrected chi connectivity index (χ0v) is 50.1. The first-order valence-electron chi connectivity index (χ1n) is 27.9. The van der Waals surface area contributed by atoms with E-state index in [1.807, 2.05) is 87.5 Å². The molecule has 6 heterocycles. The van der Waals surface area contributed by atoms with Gasteiger partial charge >= 0.3 is 0 Å². The topological polar surface area (TPSA) is 210 Å². The molecule has 0 radical (unpaired) electrons. The summed E-state index contributed by atoms with van der Waals surface area (Å²) in [5, 5.41) is 29.3. The van der Waals surface area contributed by atoms with Gasteiger partial charge in [-0.1, -0.05) is 52.0 Å². The molecule has 8 aromatic rings. The van der Waals surface area contributed by atoms with Crippen LogP contribution in [0.15, 0.2) is 109 Å². The fourth-order valence-electron chi connectivity index (χ4n) is 9.88. The van der Waals surface area contributed by atoms with Crippen molar-refractivity contribution in [3.05, 3.63) is 132 Å². The number of fused-ring (bicyclic) bond motifs is 2. The Labute approximate surface area is 485 Å². The molecule has 2 aliphatic carbocycles. The summed E-state index contributed by atoms with van der Waals surface area (Å²) < 4.78 is 89.6. The van der Waals surface area contributed by atoms with Crippen molar-refractivity contribution in [2.24, 2.45) is 23.5 Å². The first kappa shape index (κ1) is 61.0. The highest BCUT2D eigenvalue weighted by molar-refractivity contribution is 7.84. The highest BCUT2D eigenvalue weighted by Gasteiger charge is 2.39. The Morgan fingerprint density at radius 3 is 1.67 bits per heavy atom. The number of alkyl halides is 4. The van der Waals surface area contributed by atoms with Crippen LogP contribution >= 0.6 is 0 Å². The first-order valence-corrected chi connectivity index (χ1v) is 32.0. The van der Waals surface area contributed by atoms with E-state index in [0.717, 1.165) is 24.2 Å². The van der Waals surface area contributed by atoms with Gasteiger partial charge < -0.3 is 29.8 Å². The second-order valence-electron chi connectivity index (χ2n) is 24.1. The summed E-state index contributed by atoms with van der Waals surface area (Å²) in [5.74, 6) is 2.65. The van der Waals surface area contributed by atoms with Gasteiger partial charge in [-0.05, 0) is 155 Å². The molecule has 2 saturated carbocycles. The van der Waals surface area contributed by atoms with Crippen LogP contribution in [0.1, 0.15) is 109 Å². The van der Waals surface area contributed by atoms with Crippen molar-refractivity contribution in [1.29, 1.82) is 0 Å². The van der Waals surface area contributed by atoms with E-state index >= 15 is 0 Å². The van der Waals surface area contributed by atoms with Crippen molar-refractivity contribution >= 4 is 41.1 Å². The number of hydrogen-bond donors (Lipinski definition) is 4. The van der Waals surface area contributed by atoms with Crippen molar-refractivity contribution in [1.82, 2.24) is 44.2 Å². The van der Waals surface area contributed by atoms with Crippen molar-refractivity contribution in [3.8, 4) is 45.6 Å². The van der Waals surface area contributed by atoms with Gasteiger partial charge in [-0.2, -0.15) is 10.2 Å². The average Bonchev–Trinajstić information content (AvgIpc) is 2.95. The molecule has 2 aliphatic rings. The Morgan fingerprint density at radius 1 is 0.699 bits per heavy atom. The molecule has 2 aromatic carbocycles. The summed E-state index contributed by atoms with van der Waals surface area (Å²) in [7, 11) is -3.28. The van der Waals surface area contributed by atoms with E-state index in [4.69, 9.17) is 34.6 Å². The molecule has 0 saturated heterocycles. The number of pyridine rings is 4. The number of benzene rings is 2. The number of ether oxygens (including phenoxy) is 2. The van der Waals surface area contributed by atoms with Gasteiger partial charge in [-0.3, -0.25) is 9.97 Å². The van der Waals surface area contributed by atoms with Gasteiger partial charge in [0.1, 0.15) is 24.7 Å². The van der Waals surface area contributed by atoms with Crippen LogP contribution in [-0.2, 0) is 28.6 Å². The molecule has 10 rings (SSSR count). The molecule has 0 bridgehead atoms. The molecule has 2 fully saturated rings. The number of aromatic nitrogens is 8. The van der Waals surface area contributed by atoms with E-state index in [1.54, 1.807) is 45.9 Å². The summed E-state index contributed by atoms with van der Waals surface area (Å²) in [6.07, 6.45) is 0.892. The lowest BCUT2D eigenvalue weighted by atomic mass is 9.71. The van der Waals surface area contributed by atoms with Crippen molar-refractivity contribution in [2.45, 2.75) is 141 Å². The van der Waals surface area contributed by atoms with Gasteiger partial charge in [-0.25, -0.2) is 45.8 Å². The number of aliphatic hydroxyl groups is 2. The summed E-state index contributed by atoms with van der Waals surface area (Å²) in [5.41, 5.74) is 13.0. The van der Waals surface area contributed by atoms with Crippen LogP contribution in [0, 0.1) is 17.8 Å². The summed E-state index contributed by atoms with van der Waals surface area (Å²) in [4.78, 5) is 19.1. The predicted octanol–water partition coefficient (Wildman–Crippen LogP) is 12.2. The SMILES string of the molecule is CC1CC([C@H](NS(=O)C(C)(C)C)c2cccc(-c3cc(OCC(F)F)c4cnn(-c5cccc(CO[Si](C)(C)C(C)(C)C)n5)c4c3)n2)C1.N[C@H](c1cccc(-c2cc(OCC(F)F)c3cnn(-c4cccc(CO)n4)c3c2)n1)C1CC(O)C1. The molecule has 6 aromatic heterocycles. The van der Waals surface area contributed by atoms with Crippen LogP contribution in [0.25, 0.3) is 56.0 Å². The summed E-state index contributed by atoms with van der Waals surface area (Å²) in [6, 6.07) is 28.9. The number of nitrogens with zero attached hydrogens (tertiary/aromatic N) is 8. The first-order chi connectivity index (χ1) is 39.3. The van der Waals surface area contributed by atoms with Crippen LogP contribution < -0.4 is 19.9 Å². The number of nitrogens with one attached hydrogen (secondary N) is 1. The molecule has 0 spiro atoms. The van der Waals surface area contributed by atoms with E-state index in [2.05, 4.69) is 60.7 Å². The van der Waals surface area contributed by atoms with Crippen molar-refractivity contribution < 1.29 is 45.9 Å². The smallest absolute Gasteiger partial charge is 0.272 e. The molecule has 83 heavy (non-hydrogen) atoms. The fourth-order valence-corrected chi connectivity index (χ4v) is 11.7. The maximum Gasteiger partial charge on any atom is 0.272 e. The molecule has 22 heteroatoms. The second kappa shape index (κ2) is 25.4. The Balaban J connectivity index is 0.000000209. The molecular formula is C61H74F4N10O6SSi. The molecule has 5 N–H and O–H groups in total. The van der Waals surface area contributed by atoms with Gasteiger partial charge in [0.25, 0.3) is 12.9 Å². The molecular weight excluding hydrogens is 1100 g/mol. The lowest BCUT2D eigenvalue weighted by molar-refractivity contribution is 0.0302. The van der Waals surface area contributed by atoms with Crippen LogP contribution in [0.2, 0.25) is 18.1 Å². The predicted molar refractivity (Wildman–Crippen MR) is 316 cm³/mol. The Bertz CT molecular complexity index is 3560. The number of aliphatic hydroxyl groups excluding tert-OH is 2. The Hall–Kier alpha value is -6.53. The van der Waals surface area contributed by atoms with Gasteiger partial charge in [0, 0.05) is 11.1 Å². The maximum absolute atomic E-state index is 13.4. The third-order valence-electron chi connectivity index (χ3n) is 15.7. The minimum absolute atomic E-state index is 0.0647. The minimum Gasteiger partial charge on any atom is -0.487 e. The minimum atomic E-state index is -2.64. The third kappa shape index (κ3) is 14.4. The average molecular weight is 1180 g/mol. The van der Waals surface area contributed by atoms with Crippen LogP contribution in [0.3, 0.4) is 0 Å². The lowest BCUT2D eigenvalue weighted by Crippen LogP contribution is -2.42. The summed E-state index contributed by atoms with van der Waals surface area (Å²) in [6.45, 7) is 17.7. The molecule has 16 nitrogen and oxygen atoms in total. The zero-order valence-electron chi connectivity index (χ0n) is 48.3. The Morgan fingerprint density at radius 2 is 1.19 bits per heavy atom. The van der Waals surface area contributed by atoms with E-state index in [0.29, 0.717) is 98.6 Å². The number of rotatable bonds is 20. The molecule has 0 amide bonds. The largest absolute Gasteiger partial charge is 0.487 e. The lowest BCUT2D eigenvalue weighted by Gasteiger charge is -2.39. The summed E-state index contributed by atoms with van der Waals surface area (Å²) >= 11 is 0. The van der Waals surface area contributed by atoms with Gasteiger partial charge in [-0.15, -0.1) is 0 Å². The van der Waals surface area contributed by atoms with E-state index in [1.165, 1.54) is 6.20 Å². The maximum atomic E-state index is 13.4. The van der Waals surface area contributed by atoms with Crippen LogP contribution in [0.5, 0.6) is 11.5 Å². The Kier molecular flexibility index (Phi) is 18.6. The van der Waals surface area contributed by atoms with E-state index < -0.39 is 50.1 Å². The van der Waals surface area contributed by atoms with Gasteiger partial charge in [0.2, 0.25) is 0 Å². The van der Waals surface area contributed by atoms with Crippen LogP contribution in [-0.4, -0.2) is 99.2 Å². The standard InChI is InChI=1S/C36H49F2N5O3SSi.C25H25F2N5O3/c1-23-16-25(17-23)34(42-47(44)35(2,3)4)29-14-11-13-28(41-29)24-18-30-27(31(19-24)45-22-32(37)38)20-39-43(30)33-15-10-12-26(40-33)21-46-48(8,9)36(5,6)7;26-23(27)13-35-22-10-14(19-4-2-5-20(31-19)25(28)15-7-17(34)8-15)9-21-18(22)11-29-32(21)24-6-1-3-16(12-33)30-24/h10-15,18-20,23,25,32,34,42H,16-17,21-22H2,1-9H3;1-6,9-11,15,17,23,25,33-34H,7-8,12-13,28H2/t23?,25?,34-,47?;15?,17?,25-/m00/s1. The third-order valence-corrected chi connectivity index (χ3v) is 21.8. The quantitative estimate of drug-likeness (QED) is 0.0414. The highest BCUT2D eigenvalue weighted by atomic mass is 32.2. The normalized spacial score (nSPS) is 18.6. The molecule has 442 valence electrons. The van der Waals surface area contributed by atoms with Gasteiger partial charge in [0.15, 0.2) is 20.0 Å². The fraction of sp³-hybridized carbons (Fsp3) is 0.443. The number of nitrogens with two attached hydrogens (primary N) is 1. The van der Waals surface area contributed by atoms with E-state index in [9.17, 15) is 32.0 Å². The van der Waals surface area contributed by atoms with Crippen molar-refractivity contribution in [2.75, 3.05) is 13.2 Å². The van der Waals surface area contributed by atoms with Crippen molar-refractivity contribution in [3.63, 3.8) is 0 Å².